The van der Waals surface area contributed by atoms with Gasteiger partial charge in [0, 0.05) is 23.5 Å². The first-order valence-electron chi connectivity index (χ1n) is 8.96. The van der Waals surface area contributed by atoms with Gasteiger partial charge in [-0.15, -0.1) is 0 Å². The van der Waals surface area contributed by atoms with Crippen LogP contribution in [-0.4, -0.2) is 25.5 Å². The number of nitrogens with zero attached hydrogens (tertiary/aromatic N) is 4. The molecule has 0 saturated heterocycles. The van der Waals surface area contributed by atoms with E-state index in [1.54, 1.807) is 47.3 Å². The van der Waals surface area contributed by atoms with Gasteiger partial charge in [0.25, 0.3) is 5.91 Å². The van der Waals surface area contributed by atoms with Gasteiger partial charge in [0.05, 0.1) is 6.54 Å². The van der Waals surface area contributed by atoms with Crippen LogP contribution < -0.4 is 10.1 Å². The monoisotopic (exact) mass is 407 g/mol. The number of hydrogen-bond acceptors (Lipinski definition) is 4. The lowest BCUT2D eigenvalue weighted by molar-refractivity contribution is 0.100. The topological polar surface area (TPSA) is 74.0 Å². The van der Waals surface area contributed by atoms with Crippen molar-refractivity contribution in [3.8, 4) is 5.75 Å². The molecule has 0 bridgehead atoms. The van der Waals surface area contributed by atoms with E-state index in [9.17, 15) is 4.79 Å². The Labute approximate surface area is 172 Å². The number of hydrogen-bond donors (Lipinski definition) is 1. The molecule has 4 aromatic rings. The Morgan fingerprint density at radius 3 is 2.62 bits per heavy atom. The molecular formula is C21H18ClN5O2. The molecule has 0 aliphatic rings. The van der Waals surface area contributed by atoms with Gasteiger partial charge in [0.2, 0.25) is 0 Å². The number of nitrogens with one attached hydrogen (secondary N) is 1. The van der Waals surface area contributed by atoms with Crippen LogP contribution in [0.4, 0.5) is 5.82 Å². The second-order valence-corrected chi connectivity index (χ2v) is 6.72. The molecule has 29 heavy (non-hydrogen) atoms. The number of aromatic nitrogens is 4. The minimum atomic E-state index is -0.313. The third-order valence-electron chi connectivity index (χ3n) is 4.19. The van der Waals surface area contributed by atoms with Crippen molar-refractivity contribution in [2.45, 2.75) is 13.3 Å². The highest BCUT2D eigenvalue weighted by molar-refractivity contribution is 6.30. The van der Waals surface area contributed by atoms with E-state index in [-0.39, 0.29) is 12.6 Å². The molecule has 0 spiro atoms. The summed E-state index contributed by atoms with van der Waals surface area (Å²) < 4.78 is 8.91. The predicted octanol–water partition coefficient (Wildman–Crippen LogP) is 4.07. The largest absolute Gasteiger partial charge is 0.471 e. The van der Waals surface area contributed by atoms with E-state index in [2.05, 4.69) is 15.5 Å². The van der Waals surface area contributed by atoms with Gasteiger partial charge in [-0.25, -0.2) is 4.68 Å². The highest BCUT2D eigenvalue weighted by atomic mass is 35.5. The molecule has 8 heteroatoms. The van der Waals surface area contributed by atoms with Gasteiger partial charge in [-0.3, -0.25) is 9.48 Å². The van der Waals surface area contributed by atoms with Crippen molar-refractivity contribution < 1.29 is 9.53 Å². The minimum Gasteiger partial charge on any atom is -0.471 e. The number of halogens is 1. The molecule has 1 amide bonds. The molecule has 2 heterocycles. The molecule has 2 aromatic heterocycles. The fourth-order valence-corrected chi connectivity index (χ4v) is 2.89. The number of carbonyl (C=O) groups excluding carboxylic acids is 1. The van der Waals surface area contributed by atoms with E-state index in [0.717, 1.165) is 5.56 Å². The predicted molar refractivity (Wildman–Crippen MR) is 110 cm³/mol. The minimum absolute atomic E-state index is 0.0971. The number of rotatable bonds is 7. The third kappa shape index (κ3) is 4.83. The normalized spacial score (nSPS) is 10.7. The fourth-order valence-electron chi connectivity index (χ4n) is 2.76. The zero-order valence-electron chi connectivity index (χ0n) is 15.4. The Morgan fingerprint density at radius 2 is 1.83 bits per heavy atom. The second-order valence-electron chi connectivity index (χ2n) is 6.28. The van der Waals surface area contributed by atoms with Crippen LogP contribution in [-0.2, 0) is 13.3 Å². The fraction of sp³-hybridized carbons (Fsp3) is 0.0952. The van der Waals surface area contributed by atoms with E-state index in [1.807, 2.05) is 36.5 Å². The Balaban J connectivity index is 1.38. The van der Waals surface area contributed by atoms with Crippen molar-refractivity contribution in [3.05, 3.63) is 95.4 Å². The standard InChI is InChI=1S/C21H18ClN5O2/c22-17-6-8-18(9-7-17)29-15-27-19(10-12-23-27)21(28)24-20-11-13-26(25-20)14-16-4-2-1-3-5-16/h1-13H,14-15H2,(H,24,25,28). The Hall–Kier alpha value is -3.58. The van der Waals surface area contributed by atoms with Crippen LogP contribution in [0.15, 0.2) is 79.1 Å². The van der Waals surface area contributed by atoms with Gasteiger partial charge in [-0.05, 0) is 35.9 Å². The summed E-state index contributed by atoms with van der Waals surface area (Å²) in [4.78, 5) is 12.6. The van der Waals surface area contributed by atoms with E-state index >= 15 is 0 Å². The Bertz CT molecular complexity index is 1090. The lowest BCUT2D eigenvalue weighted by Gasteiger charge is -2.09. The summed E-state index contributed by atoms with van der Waals surface area (Å²) in [5.74, 6) is 0.792. The van der Waals surface area contributed by atoms with Crippen LogP contribution in [0.5, 0.6) is 5.75 Å². The summed E-state index contributed by atoms with van der Waals surface area (Å²) >= 11 is 5.87. The summed E-state index contributed by atoms with van der Waals surface area (Å²) in [6.07, 6.45) is 3.37. The highest BCUT2D eigenvalue weighted by Crippen LogP contribution is 2.16. The molecular weight excluding hydrogens is 390 g/mol. The lowest BCUT2D eigenvalue weighted by Crippen LogP contribution is -2.20. The highest BCUT2D eigenvalue weighted by Gasteiger charge is 2.14. The molecule has 2 aromatic carbocycles. The first-order chi connectivity index (χ1) is 14.2. The maximum Gasteiger partial charge on any atom is 0.275 e. The molecule has 0 unspecified atom stereocenters. The number of ether oxygens (including phenoxy) is 1. The smallest absolute Gasteiger partial charge is 0.275 e. The van der Waals surface area contributed by atoms with Crippen molar-refractivity contribution in [1.29, 1.82) is 0 Å². The average molecular weight is 408 g/mol. The number of anilines is 1. The molecule has 0 radical (unpaired) electrons. The van der Waals surface area contributed by atoms with Crippen LogP contribution in [0.2, 0.25) is 5.02 Å². The van der Waals surface area contributed by atoms with Crippen LogP contribution in [0.3, 0.4) is 0 Å². The SMILES string of the molecule is O=C(Nc1ccn(Cc2ccccc2)n1)c1ccnn1COc1ccc(Cl)cc1. The summed E-state index contributed by atoms with van der Waals surface area (Å²) in [6.45, 7) is 0.726. The van der Waals surface area contributed by atoms with Gasteiger partial charge in [0.15, 0.2) is 12.5 Å². The molecule has 1 N–H and O–H groups in total. The van der Waals surface area contributed by atoms with Gasteiger partial charge in [-0.1, -0.05) is 41.9 Å². The molecule has 0 aliphatic carbocycles. The van der Waals surface area contributed by atoms with Crippen LogP contribution >= 0.6 is 11.6 Å². The van der Waals surface area contributed by atoms with Gasteiger partial charge >= 0.3 is 0 Å². The second kappa shape index (κ2) is 8.62. The van der Waals surface area contributed by atoms with Crippen molar-refractivity contribution in [3.63, 3.8) is 0 Å². The summed E-state index contributed by atoms with van der Waals surface area (Å²) in [5.41, 5.74) is 1.50. The quantitative estimate of drug-likeness (QED) is 0.501. The summed E-state index contributed by atoms with van der Waals surface area (Å²) in [5, 5.41) is 12.0. The van der Waals surface area contributed by atoms with Crippen LogP contribution in [0.25, 0.3) is 0 Å². The third-order valence-corrected chi connectivity index (χ3v) is 4.44. The molecule has 146 valence electrons. The Morgan fingerprint density at radius 1 is 1.03 bits per heavy atom. The molecule has 0 saturated carbocycles. The number of benzene rings is 2. The molecule has 0 fully saturated rings. The molecule has 7 nitrogen and oxygen atoms in total. The molecule has 0 aliphatic heterocycles. The maximum atomic E-state index is 12.6. The number of carbonyl (C=O) groups is 1. The zero-order chi connectivity index (χ0) is 20.1. The van der Waals surface area contributed by atoms with Crippen molar-refractivity contribution in [1.82, 2.24) is 19.6 Å². The van der Waals surface area contributed by atoms with Crippen LogP contribution in [0.1, 0.15) is 16.1 Å². The maximum absolute atomic E-state index is 12.6. The Kier molecular flexibility index (Phi) is 5.58. The first kappa shape index (κ1) is 18.8. The van der Waals surface area contributed by atoms with Crippen molar-refractivity contribution >= 4 is 23.3 Å². The average Bonchev–Trinajstić information content (AvgIpc) is 3.38. The zero-order valence-corrected chi connectivity index (χ0v) is 16.2. The van der Waals surface area contributed by atoms with Crippen molar-refractivity contribution in [2.75, 3.05) is 5.32 Å². The molecule has 4 rings (SSSR count). The van der Waals surface area contributed by atoms with Crippen molar-refractivity contribution in [2.24, 2.45) is 0 Å². The van der Waals surface area contributed by atoms with Gasteiger partial charge < -0.3 is 10.1 Å². The summed E-state index contributed by atoms with van der Waals surface area (Å²) in [6, 6.07) is 20.3. The first-order valence-corrected chi connectivity index (χ1v) is 9.34. The van der Waals surface area contributed by atoms with E-state index in [0.29, 0.717) is 28.8 Å². The van der Waals surface area contributed by atoms with Gasteiger partial charge in [-0.2, -0.15) is 10.2 Å². The number of amides is 1. The van der Waals surface area contributed by atoms with Crippen LogP contribution in [0, 0.1) is 0 Å². The molecule has 0 atom stereocenters. The van der Waals surface area contributed by atoms with E-state index in [4.69, 9.17) is 16.3 Å². The van der Waals surface area contributed by atoms with Gasteiger partial charge in [0.1, 0.15) is 11.4 Å². The summed E-state index contributed by atoms with van der Waals surface area (Å²) in [7, 11) is 0. The van der Waals surface area contributed by atoms with E-state index in [1.165, 1.54) is 4.68 Å². The van der Waals surface area contributed by atoms with E-state index < -0.39 is 0 Å². The lowest BCUT2D eigenvalue weighted by atomic mass is 10.2.